The Labute approximate surface area is 240 Å². The number of rotatable bonds is 11. The molecule has 0 N–H and O–H groups in total. The maximum Gasteiger partial charge on any atom is 0.340 e. The molecule has 0 fully saturated rings. The summed E-state index contributed by atoms with van der Waals surface area (Å²) in [7, 11) is -1.09. The first-order chi connectivity index (χ1) is 19.5. The number of carbonyl (C=O) groups is 2. The van der Waals surface area contributed by atoms with Gasteiger partial charge in [-0.25, -0.2) is 13.2 Å². The molecule has 0 bridgehead atoms. The van der Waals surface area contributed by atoms with Crippen molar-refractivity contribution >= 4 is 28.0 Å². The average Bonchev–Trinajstić information content (AvgIpc) is 3.49. The van der Waals surface area contributed by atoms with Gasteiger partial charge in [-0.1, -0.05) is 47.5 Å². The zero-order valence-electron chi connectivity index (χ0n) is 23.8. The van der Waals surface area contributed by atoms with E-state index in [0.717, 1.165) is 16.7 Å². The van der Waals surface area contributed by atoms with E-state index in [1.54, 1.807) is 43.3 Å². The van der Waals surface area contributed by atoms with Crippen LogP contribution in [0, 0.1) is 13.8 Å². The molecule has 4 rings (SSSR count). The third-order valence-corrected chi connectivity index (χ3v) is 8.67. The van der Waals surface area contributed by atoms with Crippen LogP contribution >= 0.6 is 0 Å². The Balaban J connectivity index is 1.66. The van der Waals surface area contributed by atoms with E-state index >= 15 is 0 Å². The van der Waals surface area contributed by atoms with Crippen LogP contribution in [0.2, 0.25) is 0 Å². The van der Waals surface area contributed by atoms with Crippen molar-refractivity contribution in [1.29, 1.82) is 0 Å². The van der Waals surface area contributed by atoms with Crippen molar-refractivity contribution in [3.63, 3.8) is 0 Å². The number of allylic oxidation sites excluding steroid dienone is 1. The molecular formula is C31H34N2O7S. The van der Waals surface area contributed by atoms with E-state index in [0.29, 0.717) is 23.8 Å². The molecule has 0 saturated carbocycles. The largest absolute Gasteiger partial charge is 0.465 e. The van der Waals surface area contributed by atoms with Gasteiger partial charge in [-0.2, -0.15) is 4.31 Å². The average molecular weight is 579 g/mol. The fraction of sp³-hybridized carbons (Fsp3) is 0.290. The standard InChI is InChI=1S/C31H34N2O7S/c1-21-6-10-24(11-7-21)19-32(41(36,37)27-14-8-22(2)9-15-27)20-26-13-12-25(40-26)18-28-29(31(35)39-5)23(3)33(30(28)34)16-17-38-4/h6-15,18H,16-17,19-20H2,1-5H3/b28-18+. The molecule has 9 nitrogen and oxygen atoms in total. The number of hydrogen-bond acceptors (Lipinski definition) is 7. The number of methoxy groups -OCH3 is 2. The first kappa shape index (κ1) is 30.0. The van der Waals surface area contributed by atoms with Crippen LogP contribution in [0.1, 0.15) is 35.1 Å². The summed E-state index contributed by atoms with van der Waals surface area (Å²) in [4.78, 5) is 27.4. The molecule has 3 aromatic rings. The Morgan fingerprint density at radius 3 is 2.17 bits per heavy atom. The minimum absolute atomic E-state index is 0.0418. The predicted octanol–water partition coefficient (Wildman–Crippen LogP) is 4.61. The van der Waals surface area contributed by atoms with Crippen LogP contribution in [-0.2, 0) is 42.2 Å². The molecule has 41 heavy (non-hydrogen) atoms. The topological polar surface area (TPSA) is 106 Å². The van der Waals surface area contributed by atoms with E-state index in [9.17, 15) is 18.0 Å². The van der Waals surface area contributed by atoms with Gasteiger partial charge in [-0.05, 0) is 56.7 Å². The Morgan fingerprint density at radius 1 is 0.927 bits per heavy atom. The number of amides is 1. The Kier molecular flexibility index (Phi) is 9.27. The second-order valence-corrected chi connectivity index (χ2v) is 11.8. The van der Waals surface area contributed by atoms with Crippen LogP contribution in [0.4, 0.5) is 0 Å². The van der Waals surface area contributed by atoms with Gasteiger partial charge < -0.3 is 18.8 Å². The Bertz CT molecular complexity index is 1580. The van der Waals surface area contributed by atoms with Gasteiger partial charge in [-0.3, -0.25) is 4.79 Å². The van der Waals surface area contributed by atoms with Gasteiger partial charge in [0.05, 0.1) is 36.3 Å². The second kappa shape index (κ2) is 12.7. The van der Waals surface area contributed by atoms with Crippen LogP contribution in [0.5, 0.6) is 0 Å². The molecule has 0 saturated heterocycles. The number of hydrogen-bond donors (Lipinski definition) is 0. The molecular weight excluding hydrogens is 544 g/mol. The van der Waals surface area contributed by atoms with Crippen LogP contribution in [0.15, 0.2) is 86.8 Å². The van der Waals surface area contributed by atoms with Gasteiger partial charge in [0.25, 0.3) is 5.91 Å². The molecule has 0 unspecified atom stereocenters. The molecule has 0 aliphatic carbocycles. The highest BCUT2D eigenvalue weighted by molar-refractivity contribution is 7.89. The van der Waals surface area contributed by atoms with E-state index in [1.165, 1.54) is 29.5 Å². The molecule has 1 amide bonds. The van der Waals surface area contributed by atoms with Gasteiger partial charge in [-0.15, -0.1) is 0 Å². The van der Waals surface area contributed by atoms with Crippen molar-refractivity contribution in [2.24, 2.45) is 0 Å². The van der Waals surface area contributed by atoms with Gasteiger partial charge >= 0.3 is 5.97 Å². The number of ether oxygens (including phenoxy) is 2. The number of sulfonamides is 1. The zero-order chi connectivity index (χ0) is 29.7. The fourth-order valence-corrected chi connectivity index (χ4v) is 5.93. The van der Waals surface area contributed by atoms with Crippen molar-refractivity contribution in [2.45, 2.75) is 38.8 Å². The molecule has 1 aliphatic rings. The second-order valence-electron chi connectivity index (χ2n) is 9.84. The molecule has 2 heterocycles. The predicted molar refractivity (Wildman–Crippen MR) is 154 cm³/mol. The lowest BCUT2D eigenvalue weighted by molar-refractivity contribution is -0.136. The number of esters is 1. The maximum atomic E-state index is 13.7. The summed E-state index contributed by atoms with van der Waals surface area (Å²) in [6.45, 7) is 6.20. The van der Waals surface area contributed by atoms with E-state index < -0.39 is 16.0 Å². The molecule has 10 heteroatoms. The minimum Gasteiger partial charge on any atom is -0.465 e. The zero-order valence-corrected chi connectivity index (χ0v) is 24.7. The molecule has 1 aromatic heterocycles. The molecule has 1 aliphatic heterocycles. The molecule has 0 spiro atoms. The van der Waals surface area contributed by atoms with Crippen molar-refractivity contribution in [3.8, 4) is 0 Å². The quantitative estimate of drug-likeness (QED) is 0.242. The van der Waals surface area contributed by atoms with Crippen LogP contribution in [0.25, 0.3) is 6.08 Å². The van der Waals surface area contributed by atoms with E-state index in [1.807, 2.05) is 38.1 Å². The highest BCUT2D eigenvalue weighted by atomic mass is 32.2. The SMILES string of the molecule is COCCN1C(=O)/C(=C/c2ccc(CN(Cc3ccc(C)cc3)S(=O)(=O)c3ccc(C)cc3)o2)C(C(=O)OC)=C1C. The summed E-state index contributed by atoms with van der Waals surface area (Å²) in [5.74, 6) is -0.334. The first-order valence-electron chi connectivity index (χ1n) is 13.1. The Hall–Kier alpha value is -3.99. The smallest absolute Gasteiger partial charge is 0.340 e. The van der Waals surface area contributed by atoms with Gasteiger partial charge in [0.2, 0.25) is 10.0 Å². The van der Waals surface area contributed by atoms with Gasteiger partial charge in [0, 0.05) is 25.9 Å². The van der Waals surface area contributed by atoms with Crippen molar-refractivity contribution < 1.29 is 31.9 Å². The summed E-state index contributed by atoms with van der Waals surface area (Å²) >= 11 is 0. The lowest BCUT2D eigenvalue weighted by Gasteiger charge is -2.21. The number of benzene rings is 2. The normalized spacial score (nSPS) is 14.9. The van der Waals surface area contributed by atoms with E-state index in [4.69, 9.17) is 13.9 Å². The monoisotopic (exact) mass is 578 g/mol. The van der Waals surface area contributed by atoms with Crippen LogP contribution < -0.4 is 0 Å². The summed E-state index contributed by atoms with van der Waals surface area (Å²) < 4.78 is 44.8. The third-order valence-electron chi connectivity index (χ3n) is 6.86. The van der Waals surface area contributed by atoms with Crippen molar-refractivity contribution in [2.75, 3.05) is 27.4 Å². The van der Waals surface area contributed by atoms with E-state index in [-0.39, 0.29) is 41.6 Å². The first-order valence-corrected chi connectivity index (χ1v) is 14.5. The maximum absolute atomic E-state index is 13.7. The molecule has 216 valence electrons. The fourth-order valence-electron chi connectivity index (χ4n) is 4.54. The number of furan rings is 1. The van der Waals surface area contributed by atoms with Crippen LogP contribution in [-0.4, -0.2) is 56.9 Å². The molecule has 2 aromatic carbocycles. The number of carbonyl (C=O) groups excluding carboxylic acids is 2. The van der Waals surface area contributed by atoms with Crippen molar-refractivity contribution in [3.05, 3.63) is 106 Å². The highest BCUT2D eigenvalue weighted by Crippen LogP contribution is 2.32. The number of nitrogens with zero attached hydrogens (tertiary/aromatic N) is 2. The summed E-state index contributed by atoms with van der Waals surface area (Å²) in [5.41, 5.74) is 3.60. The van der Waals surface area contributed by atoms with E-state index in [2.05, 4.69) is 0 Å². The molecule has 0 atom stereocenters. The third kappa shape index (κ3) is 6.67. The molecule has 0 radical (unpaired) electrons. The lowest BCUT2D eigenvalue weighted by Crippen LogP contribution is -2.30. The summed E-state index contributed by atoms with van der Waals surface area (Å²) in [5, 5.41) is 0. The van der Waals surface area contributed by atoms with Gasteiger partial charge in [0.15, 0.2) is 0 Å². The Morgan fingerprint density at radius 2 is 1.56 bits per heavy atom. The lowest BCUT2D eigenvalue weighted by atomic mass is 10.1. The minimum atomic E-state index is -3.88. The van der Waals surface area contributed by atoms with Crippen molar-refractivity contribution in [1.82, 2.24) is 9.21 Å². The summed E-state index contributed by atoms with van der Waals surface area (Å²) in [6, 6.07) is 17.7. The number of aryl methyl sites for hydroxylation is 2. The highest BCUT2D eigenvalue weighted by Gasteiger charge is 2.37. The van der Waals surface area contributed by atoms with Crippen LogP contribution in [0.3, 0.4) is 0 Å². The van der Waals surface area contributed by atoms with Gasteiger partial charge in [0.1, 0.15) is 11.5 Å². The summed E-state index contributed by atoms with van der Waals surface area (Å²) in [6.07, 6.45) is 1.48.